The second-order valence-corrected chi connectivity index (χ2v) is 5.51. The van der Waals surface area contributed by atoms with E-state index in [4.69, 9.17) is 4.74 Å². The summed E-state index contributed by atoms with van der Waals surface area (Å²) < 4.78 is 5.60. The fraction of sp³-hybridized carbons (Fsp3) is 0.533. The molecule has 0 radical (unpaired) electrons. The van der Waals surface area contributed by atoms with E-state index in [0.29, 0.717) is 26.1 Å². The van der Waals surface area contributed by atoms with Gasteiger partial charge in [-0.15, -0.1) is 12.4 Å². The number of nitrogens with zero attached hydrogens (tertiary/aromatic N) is 1. The van der Waals surface area contributed by atoms with Crippen LogP contribution in [-0.4, -0.2) is 41.3 Å². The Morgan fingerprint density at radius 1 is 1.20 bits per heavy atom. The minimum atomic E-state index is -0.656. The first-order valence-corrected chi connectivity index (χ1v) is 6.84. The highest BCUT2D eigenvalue weighted by atomic mass is 35.5. The molecule has 1 aromatic carbocycles. The zero-order chi connectivity index (χ0) is 13.2. The van der Waals surface area contributed by atoms with Gasteiger partial charge in [0.25, 0.3) is 0 Å². The maximum absolute atomic E-state index is 11.2. The number of carboxylic acid groups (broad SMARTS) is 1. The Bertz CT molecular complexity index is 440. The Kier molecular flexibility index (Phi) is 5.02. The van der Waals surface area contributed by atoms with E-state index >= 15 is 0 Å². The van der Waals surface area contributed by atoms with Crippen LogP contribution in [-0.2, 0) is 16.1 Å². The van der Waals surface area contributed by atoms with Gasteiger partial charge in [-0.2, -0.15) is 0 Å². The third-order valence-corrected chi connectivity index (χ3v) is 4.23. The number of carboxylic acids is 1. The van der Waals surface area contributed by atoms with E-state index in [1.165, 1.54) is 5.56 Å². The summed E-state index contributed by atoms with van der Waals surface area (Å²) in [5, 5.41) is 9.21. The summed E-state index contributed by atoms with van der Waals surface area (Å²) in [6.45, 7) is 2.21. The maximum atomic E-state index is 11.2. The average molecular weight is 298 g/mol. The molecule has 0 aromatic heterocycles. The number of piperidine rings is 1. The lowest BCUT2D eigenvalue weighted by Crippen LogP contribution is -2.57. The number of halogens is 1. The van der Waals surface area contributed by atoms with Crippen molar-refractivity contribution in [3.63, 3.8) is 0 Å². The Labute approximate surface area is 125 Å². The molecular formula is C15H20ClNO3. The van der Waals surface area contributed by atoms with Gasteiger partial charge in [0.15, 0.2) is 0 Å². The van der Waals surface area contributed by atoms with Crippen LogP contribution >= 0.6 is 12.4 Å². The topological polar surface area (TPSA) is 49.8 Å². The quantitative estimate of drug-likeness (QED) is 0.929. The number of hydrogen-bond donors (Lipinski definition) is 1. The Morgan fingerprint density at radius 2 is 1.80 bits per heavy atom. The van der Waals surface area contributed by atoms with Crippen molar-refractivity contribution in [1.29, 1.82) is 0 Å². The lowest BCUT2D eigenvalue weighted by Gasteiger charge is -2.47. The van der Waals surface area contributed by atoms with Gasteiger partial charge in [0.2, 0.25) is 0 Å². The molecule has 1 aromatic rings. The van der Waals surface area contributed by atoms with Gasteiger partial charge in [-0.05, 0) is 18.4 Å². The number of rotatable bonds is 3. The molecule has 0 spiro atoms. The van der Waals surface area contributed by atoms with Crippen LogP contribution in [0.15, 0.2) is 30.3 Å². The molecule has 2 fully saturated rings. The second-order valence-electron chi connectivity index (χ2n) is 5.51. The molecule has 20 heavy (non-hydrogen) atoms. The van der Waals surface area contributed by atoms with E-state index in [-0.39, 0.29) is 30.4 Å². The van der Waals surface area contributed by atoms with Crippen LogP contribution in [0.5, 0.6) is 0 Å². The first kappa shape index (κ1) is 15.3. The summed E-state index contributed by atoms with van der Waals surface area (Å²) in [5.74, 6) is -0.859. The van der Waals surface area contributed by atoms with Gasteiger partial charge in [0.05, 0.1) is 19.1 Å². The van der Waals surface area contributed by atoms with Gasteiger partial charge < -0.3 is 9.84 Å². The molecule has 0 amide bonds. The van der Waals surface area contributed by atoms with Crippen molar-refractivity contribution in [3.8, 4) is 0 Å². The number of morpholine rings is 1. The smallest absolute Gasteiger partial charge is 0.306 e. The Morgan fingerprint density at radius 3 is 2.35 bits per heavy atom. The fourth-order valence-electron chi connectivity index (χ4n) is 3.24. The maximum Gasteiger partial charge on any atom is 0.306 e. The lowest BCUT2D eigenvalue weighted by molar-refractivity contribution is -0.151. The van der Waals surface area contributed by atoms with Crippen molar-refractivity contribution >= 4 is 18.4 Å². The SMILES string of the molecule is Cl.O=C(O)C1C[C@H]2COC[C@H](C1)N2Cc1ccccc1. The summed E-state index contributed by atoms with van der Waals surface area (Å²) in [7, 11) is 0. The molecule has 2 atom stereocenters. The third-order valence-electron chi connectivity index (χ3n) is 4.23. The molecule has 2 aliphatic rings. The van der Waals surface area contributed by atoms with Crippen LogP contribution in [0.25, 0.3) is 0 Å². The second kappa shape index (κ2) is 6.57. The van der Waals surface area contributed by atoms with E-state index in [1.807, 2.05) is 18.2 Å². The average Bonchev–Trinajstić information content (AvgIpc) is 2.39. The van der Waals surface area contributed by atoms with Crippen LogP contribution in [0.3, 0.4) is 0 Å². The van der Waals surface area contributed by atoms with Crippen LogP contribution in [0.4, 0.5) is 0 Å². The first-order valence-electron chi connectivity index (χ1n) is 6.84. The molecule has 0 unspecified atom stereocenters. The van der Waals surface area contributed by atoms with Crippen molar-refractivity contribution in [2.45, 2.75) is 31.5 Å². The zero-order valence-electron chi connectivity index (χ0n) is 11.3. The molecule has 2 saturated heterocycles. The fourth-order valence-corrected chi connectivity index (χ4v) is 3.24. The zero-order valence-corrected chi connectivity index (χ0v) is 12.1. The highest BCUT2D eigenvalue weighted by molar-refractivity contribution is 5.85. The first-order chi connectivity index (χ1) is 9.24. The van der Waals surface area contributed by atoms with Crippen LogP contribution in [0.1, 0.15) is 18.4 Å². The molecule has 4 nitrogen and oxygen atoms in total. The van der Waals surface area contributed by atoms with E-state index in [9.17, 15) is 9.90 Å². The van der Waals surface area contributed by atoms with Crippen molar-refractivity contribution in [1.82, 2.24) is 4.90 Å². The van der Waals surface area contributed by atoms with Gasteiger partial charge in [-0.1, -0.05) is 30.3 Å². The molecule has 2 bridgehead atoms. The van der Waals surface area contributed by atoms with Crippen molar-refractivity contribution in [3.05, 3.63) is 35.9 Å². The molecule has 3 rings (SSSR count). The predicted octanol–water partition coefficient (Wildman–Crippen LogP) is 2.17. The number of ether oxygens (including phenoxy) is 1. The van der Waals surface area contributed by atoms with Crippen LogP contribution in [0, 0.1) is 5.92 Å². The molecule has 0 saturated carbocycles. The Balaban J connectivity index is 0.00000147. The van der Waals surface area contributed by atoms with Gasteiger partial charge in [-0.25, -0.2) is 0 Å². The molecule has 2 heterocycles. The predicted molar refractivity (Wildman–Crippen MR) is 78.0 cm³/mol. The molecule has 0 aliphatic carbocycles. The molecule has 5 heteroatoms. The molecular weight excluding hydrogens is 278 g/mol. The minimum absolute atomic E-state index is 0. The van der Waals surface area contributed by atoms with E-state index < -0.39 is 5.97 Å². The van der Waals surface area contributed by atoms with Crippen LogP contribution in [0.2, 0.25) is 0 Å². The monoisotopic (exact) mass is 297 g/mol. The number of carbonyl (C=O) groups is 1. The van der Waals surface area contributed by atoms with Crippen molar-refractivity contribution in [2.75, 3.05) is 13.2 Å². The lowest BCUT2D eigenvalue weighted by atomic mass is 9.85. The van der Waals surface area contributed by atoms with Crippen molar-refractivity contribution in [2.24, 2.45) is 5.92 Å². The van der Waals surface area contributed by atoms with Gasteiger partial charge in [0.1, 0.15) is 0 Å². The van der Waals surface area contributed by atoms with Gasteiger partial charge >= 0.3 is 5.97 Å². The Hall–Kier alpha value is -1.10. The van der Waals surface area contributed by atoms with Crippen molar-refractivity contribution < 1.29 is 14.6 Å². The number of benzene rings is 1. The summed E-state index contributed by atoms with van der Waals surface area (Å²) in [4.78, 5) is 13.6. The highest BCUT2D eigenvalue weighted by Gasteiger charge is 2.41. The number of fused-ring (bicyclic) bond motifs is 2. The summed E-state index contributed by atoms with van der Waals surface area (Å²) >= 11 is 0. The van der Waals surface area contributed by atoms with Gasteiger partial charge in [-0.3, -0.25) is 9.69 Å². The summed E-state index contributed by atoms with van der Waals surface area (Å²) in [5.41, 5.74) is 1.29. The van der Waals surface area contributed by atoms with E-state index in [0.717, 1.165) is 6.54 Å². The molecule has 1 N–H and O–H groups in total. The normalized spacial score (nSPS) is 29.5. The van der Waals surface area contributed by atoms with Crippen LogP contribution < -0.4 is 0 Å². The van der Waals surface area contributed by atoms with Gasteiger partial charge in [0, 0.05) is 18.6 Å². The summed E-state index contributed by atoms with van der Waals surface area (Å²) in [6, 6.07) is 10.9. The minimum Gasteiger partial charge on any atom is -0.481 e. The summed E-state index contributed by atoms with van der Waals surface area (Å²) in [6.07, 6.45) is 1.41. The standard InChI is InChI=1S/C15H19NO3.ClH/c17-15(18)12-6-13-9-19-10-14(7-12)16(13)8-11-4-2-1-3-5-11;/h1-5,12-14H,6-10H2,(H,17,18);1H/t13-,14-;/m0./s1. The largest absolute Gasteiger partial charge is 0.481 e. The number of aliphatic carboxylic acids is 1. The highest BCUT2D eigenvalue weighted by Crippen LogP contribution is 2.32. The van der Waals surface area contributed by atoms with E-state index in [1.54, 1.807) is 0 Å². The molecule has 110 valence electrons. The number of hydrogen-bond acceptors (Lipinski definition) is 3. The molecule has 2 aliphatic heterocycles. The van der Waals surface area contributed by atoms with E-state index in [2.05, 4.69) is 17.0 Å². The third kappa shape index (κ3) is 3.14.